The summed E-state index contributed by atoms with van der Waals surface area (Å²) in [5.41, 5.74) is 0. The maximum Gasteiger partial charge on any atom is 0.472 e. The SMILES string of the molecule is CCCCCC/C=C\CCCCCCCC(=O)OC(COC(=O)CCCCCCCCCCCCCCC)COP(=O)(O)OCC(CO)OC(=O)CCCCCCCCCCC. The number of rotatable bonds is 48. The Bertz CT molecular complexity index is 1100. The number of phosphoric ester groups is 1. The van der Waals surface area contributed by atoms with Gasteiger partial charge < -0.3 is 24.2 Å². The molecule has 3 unspecified atom stereocenters. The Labute approximate surface area is 379 Å². The quantitative estimate of drug-likeness (QED) is 0.0197. The first-order chi connectivity index (χ1) is 30.2. The molecular formula is C50H95O11P. The van der Waals surface area contributed by atoms with Crippen LogP contribution in [0.4, 0.5) is 0 Å². The number of hydrogen-bond donors (Lipinski definition) is 2. The standard InChI is InChI=1S/C50H95O11P/c1-4-7-10-13-16-19-21-23-25-28-30-33-36-39-48(52)57-43-47(61-50(54)41-38-35-32-29-26-24-22-20-17-14-11-8-5-2)45-59-62(55,56)58-44-46(42-51)60-49(53)40-37-34-31-27-18-15-12-9-6-3/h20,22,46-47,51H,4-19,21,23-45H2,1-3H3,(H,55,56)/b22-20-. The van der Waals surface area contributed by atoms with E-state index in [1.54, 1.807) is 0 Å². The number of phosphoric acid groups is 1. The molecule has 0 bridgehead atoms. The summed E-state index contributed by atoms with van der Waals surface area (Å²) < 4.78 is 39.3. The van der Waals surface area contributed by atoms with Crippen molar-refractivity contribution in [2.45, 2.75) is 264 Å². The molecule has 2 N–H and O–H groups in total. The number of unbranched alkanes of at least 4 members (excludes halogenated alkanes) is 29. The van der Waals surface area contributed by atoms with Crippen LogP contribution in [0.2, 0.25) is 0 Å². The highest BCUT2D eigenvalue weighted by Crippen LogP contribution is 2.43. The molecule has 0 rings (SSSR count). The van der Waals surface area contributed by atoms with Crippen LogP contribution in [0, 0.1) is 0 Å². The minimum atomic E-state index is -4.73. The van der Waals surface area contributed by atoms with Gasteiger partial charge in [0.15, 0.2) is 6.10 Å². The number of esters is 3. The summed E-state index contributed by atoms with van der Waals surface area (Å²) in [6, 6.07) is 0. The third kappa shape index (κ3) is 43.5. The molecule has 12 heteroatoms. The molecule has 0 aliphatic rings. The van der Waals surface area contributed by atoms with E-state index in [1.165, 1.54) is 116 Å². The van der Waals surface area contributed by atoms with Crippen LogP contribution < -0.4 is 0 Å². The van der Waals surface area contributed by atoms with Crippen molar-refractivity contribution in [1.29, 1.82) is 0 Å². The Morgan fingerprint density at radius 3 is 1.13 bits per heavy atom. The molecular weight excluding hydrogens is 808 g/mol. The van der Waals surface area contributed by atoms with E-state index >= 15 is 0 Å². The smallest absolute Gasteiger partial charge is 0.462 e. The third-order valence-electron chi connectivity index (χ3n) is 11.2. The van der Waals surface area contributed by atoms with Crippen LogP contribution in [0.3, 0.4) is 0 Å². The maximum atomic E-state index is 12.8. The first-order valence-electron chi connectivity index (χ1n) is 25.6. The van der Waals surface area contributed by atoms with E-state index < -0.39 is 57.8 Å². The van der Waals surface area contributed by atoms with E-state index in [4.69, 9.17) is 23.3 Å². The Morgan fingerprint density at radius 2 is 0.742 bits per heavy atom. The monoisotopic (exact) mass is 903 g/mol. The van der Waals surface area contributed by atoms with Crippen LogP contribution >= 0.6 is 7.82 Å². The zero-order chi connectivity index (χ0) is 45.6. The molecule has 0 radical (unpaired) electrons. The molecule has 0 heterocycles. The lowest BCUT2D eigenvalue weighted by atomic mass is 10.0. The van der Waals surface area contributed by atoms with Crippen molar-refractivity contribution >= 4 is 25.7 Å². The highest BCUT2D eigenvalue weighted by atomic mass is 31.2. The molecule has 0 aromatic rings. The topological polar surface area (TPSA) is 155 Å². The fraction of sp³-hybridized carbons (Fsp3) is 0.900. The average molecular weight is 903 g/mol. The van der Waals surface area contributed by atoms with Crippen molar-refractivity contribution in [2.75, 3.05) is 26.4 Å². The van der Waals surface area contributed by atoms with E-state index in [0.717, 1.165) is 77.0 Å². The second-order valence-corrected chi connectivity index (χ2v) is 18.8. The number of aliphatic hydroxyl groups excluding tert-OH is 1. The minimum Gasteiger partial charge on any atom is -0.462 e. The van der Waals surface area contributed by atoms with Gasteiger partial charge in [0.1, 0.15) is 12.7 Å². The highest BCUT2D eigenvalue weighted by Gasteiger charge is 2.28. The van der Waals surface area contributed by atoms with Gasteiger partial charge in [-0.15, -0.1) is 0 Å². The van der Waals surface area contributed by atoms with Crippen molar-refractivity contribution in [3.8, 4) is 0 Å². The van der Waals surface area contributed by atoms with Crippen molar-refractivity contribution in [3.05, 3.63) is 12.2 Å². The van der Waals surface area contributed by atoms with Crippen LogP contribution in [0.15, 0.2) is 12.2 Å². The Hall–Kier alpha value is -1.78. The van der Waals surface area contributed by atoms with E-state index in [2.05, 4.69) is 32.9 Å². The highest BCUT2D eigenvalue weighted by molar-refractivity contribution is 7.47. The van der Waals surface area contributed by atoms with Gasteiger partial charge in [-0.2, -0.15) is 0 Å². The van der Waals surface area contributed by atoms with Gasteiger partial charge in [0.05, 0.1) is 19.8 Å². The molecule has 62 heavy (non-hydrogen) atoms. The van der Waals surface area contributed by atoms with Crippen LogP contribution in [-0.2, 0) is 42.2 Å². The number of carbonyl (C=O) groups excluding carboxylic acids is 3. The second kappa shape index (κ2) is 45.8. The lowest BCUT2D eigenvalue weighted by molar-refractivity contribution is -0.161. The predicted molar refractivity (Wildman–Crippen MR) is 252 cm³/mol. The number of ether oxygens (including phenoxy) is 3. The number of allylic oxidation sites excluding steroid dienone is 2. The summed E-state index contributed by atoms with van der Waals surface area (Å²) >= 11 is 0. The van der Waals surface area contributed by atoms with Crippen molar-refractivity contribution in [2.24, 2.45) is 0 Å². The fourth-order valence-electron chi connectivity index (χ4n) is 7.23. The number of hydrogen-bond acceptors (Lipinski definition) is 10. The lowest BCUT2D eigenvalue weighted by Gasteiger charge is -2.21. The second-order valence-electron chi connectivity index (χ2n) is 17.3. The molecule has 0 aromatic heterocycles. The zero-order valence-corrected chi connectivity index (χ0v) is 41.0. The van der Waals surface area contributed by atoms with Crippen LogP contribution in [-0.4, -0.2) is 66.5 Å². The summed E-state index contributed by atoms with van der Waals surface area (Å²) in [5, 5.41) is 9.73. The molecule has 0 saturated carbocycles. The van der Waals surface area contributed by atoms with Gasteiger partial charge in [0.2, 0.25) is 0 Å². The van der Waals surface area contributed by atoms with Crippen molar-refractivity contribution in [1.82, 2.24) is 0 Å². The molecule has 0 aliphatic carbocycles. The summed E-state index contributed by atoms with van der Waals surface area (Å²) in [7, 11) is -4.73. The van der Waals surface area contributed by atoms with Gasteiger partial charge in [0, 0.05) is 19.3 Å². The van der Waals surface area contributed by atoms with Gasteiger partial charge >= 0.3 is 25.7 Å². The average Bonchev–Trinajstić information content (AvgIpc) is 3.25. The van der Waals surface area contributed by atoms with Gasteiger partial charge in [0.25, 0.3) is 0 Å². The number of carbonyl (C=O) groups is 3. The van der Waals surface area contributed by atoms with E-state index in [1.807, 2.05) is 0 Å². The van der Waals surface area contributed by atoms with E-state index in [9.17, 15) is 28.9 Å². The maximum absolute atomic E-state index is 12.8. The summed E-state index contributed by atoms with van der Waals surface area (Å²) in [6.07, 6.45) is 40.4. The molecule has 3 atom stereocenters. The number of aliphatic hydroxyl groups is 1. The lowest BCUT2D eigenvalue weighted by Crippen LogP contribution is -2.30. The van der Waals surface area contributed by atoms with Crippen molar-refractivity contribution in [3.63, 3.8) is 0 Å². The van der Waals surface area contributed by atoms with Crippen LogP contribution in [0.5, 0.6) is 0 Å². The Morgan fingerprint density at radius 1 is 0.435 bits per heavy atom. The first-order valence-corrected chi connectivity index (χ1v) is 27.1. The molecule has 0 spiro atoms. The van der Waals surface area contributed by atoms with Gasteiger partial charge in [-0.1, -0.05) is 200 Å². The van der Waals surface area contributed by atoms with Crippen molar-refractivity contribution < 1.29 is 52.2 Å². The molecule has 0 aromatic carbocycles. The third-order valence-corrected chi connectivity index (χ3v) is 12.1. The first kappa shape index (κ1) is 60.2. The van der Waals surface area contributed by atoms with E-state index in [-0.39, 0.29) is 25.9 Å². The summed E-state index contributed by atoms with van der Waals surface area (Å²) in [5.74, 6) is -1.46. The largest absolute Gasteiger partial charge is 0.472 e. The molecule has 11 nitrogen and oxygen atoms in total. The summed E-state index contributed by atoms with van der Waals surface area (Å²) in [6.45, 7) is 4.61. The molecule has 0 amide bonds. The van der Waals surface area contributed by atoms with Gasteiger partial charge in [-0.3, -0.25) is 23.4 Å². The van der Waals surface area contributed by atoms with Gasteiger partial charge in [-0.05, 0) is 44.9 Å². The minimum absolute atomic E-state index is 0.164. The van der Waals surface area contributed by atoms with Crippen LogP contribution in [0.1, 0.15) is 252 Å². The zero-order valence-electron chi connectivity index (χ0n) is 40.1. The normalized spacial score (nSPS) is 13.6. The molecule has 0 fully saturated rings. The summed E-state index contributed by atoms with van der Waals surface area (Å²) in [4.78, 5) is 48.1. The van der Waals surface area contributed by atoms with Crippen LogP contribution in [0.25, 0.3) is 0 Å². The molecule has 366 valence electrons. The Kier molecular flexibility index (Phi) is 44.5. The van der Waals surface area contributed by atoms with Gasteiger partial charge in [-0.25, -0.2) is 4.57 Å². The predicted octanol–water partition coefficient (Wildman–Crippen LogP) is 14.1. The Balaban J connectivity index is 4.73. The van der Waals surface area contributed by atoms with E-state index in [0.29, 0.717) is 19.3 Å². The molecule has 0 aliphatic heterocycles. The molecule has 0 saturated heterocycles. The fourth-order valence-corrected chi connectivity index (χ4v) is 8.02.